The van der Waals surface area contributed by atoms with Crippen LogP contribution in [0.5, 0.6) is 5.75 Å². The fourth-order valence-corrected chi connectivity index (χ4v) is 4.09. The largest absolute Gasteiger partial charge is 0.497 e. The molecule has 3 aromatic carbocycles. The third-order valence-corrected chi connectivity index (χ3v) is 5.75. The number of carbonyl (C=O) groups excluding carboxylic acids is 1. The number of benzene rings is 3. The molecule has 1 aliphatic heterocycles. The van der Waals surface area contributed by atoms with Crippen molar-refractivity contribution < 1.29 is 9.53 Å². The van der Waals surface area contributed by atoms with E-state index in [4.69, 9.17) is 16.3 Å². The summed E-state index contributed by atoms with van der Waals surface area (Å²) in [5.74, 6) is 0.981. The second kappa shape index (κ2) is 9.33. The first-order valence-corrected chi connectivity index (χ1v) is 10.5. The molecule has 1 atom stereocenters. The first-order valence-electron chi connectivity index (χ1n) is 10.1. The van der Waals surface area contributed by atoms with E-state index in [1.165, 1.54) is 5.56 Å². The van der Waals surface area contributed by atoms with Crippen LogP contribution in [0.15, 0.2) is 78.9 Å². The van der Waals surface area contributed by atoms with Crippen molar-refractivity contribution in [2.45, 2.75) is 19.1 Å². The van der Waals surface area contributed by atoms with Gasteiger partial charge in [-0.1, -0.05) is 66.2 Å². The molecule has 0 aliphatic carbocycles. The summed E-state index contributed by atoms with van der Waals surface area (Å²) in [5.41, 5.74) is 3.45. The van der Waals surface area contributed by atoms with Crippen molar-refractivity contribution in [2.24, 2.45) is 0 Å². The van der Waals surface area contributed by atoms with Gasteiger partial charge in [0.2, 0.25) is 5.91 Å². The Balaban J connectivity index is 1.58. The van der Waals surface area contributed by atoms with Gasteiger partial charge in [0.05, 0.1) is 13.7 Å². The normalized spacial score (nSPS) is 16.8. The number of carbonyl (C=O) groups is 1. The Bertz CT molecular complexity index is 974. The lowest BCUT2D eigenvalue weighted by Gasteiger charge is -2.30. The van der Waals surface area contributed by atoms with Gasteiger partial charge in [-0.05, 0) is 47.4 Å². The van der Waals surface area contributed by atoms with Crippen molar-refractivity contribution in [3.63, 3.8) is 0 Å². The summed E-state index contributed by atoms with van der Waals surface area (Å²) in [6, 6.07) is 26.1. The summed E-state index contributed by atoms with van der Waals surface area (Å²) < 4.78 is 5.26. The number of halogens is 1. The number of amides is 1. The standard InChI is InChI=1S/C25H25ClN2O2/c1-30-23-13-7-20(8-14-23)17-27-18-24(29)28(16-15-19-5-3-2-4-6-19)25(27)21-9-11-22(26)12-10-21/h2-14,25H,15-18H2,1H3. The summed E-state index contributed by atoms with van der Waals surface area (Å²) in [5, 5.41) is 0.695. The molecule has 0 saturated carbocycles. The molecular formula is C25H25ClN2O2. The van der Waals surface area contributed by atoms with Gasteiger partial charge >= 0.3 is 0 Å². The zero-order valence-electron chi connectivity index (χ0n) is 17.0. The molecule has 0 radical (unpaired) electrons. The van der Waals surface area contributed by atoms with Crippen LogP contribution in [0.1, 0.15) is 22.9 Å². The van der Waals surface area contributed by atoms with Gasteiger partial charge in [0, 0.05) is 18.1 Å². The fraction of sp³-hybridized carbons (Fsp3) is 0.240. The molecule has 0 aromatic heterocycles. The molecule has 5 heteroatoms. The molecule has 1 saturated heterocycles. The molecule has 0 N–H and O–H groups in total. The van der Waals surface area contributed by atoms with E-state index in [1.807, 2.05) is 59.5 Å². The minimum atomic E-state index is -0.111. The van der Waals surface area contributed by atoms with Crippen LogP contribution < -0.4 is 4.74 Å². The molecule has 4 rings (SSSR count). The van der Waals surface area contributed by atoms with Crippen LogP contribution in [0.2, 0.25) is 5.02 Å². The molecule has 0 spiro atoms. The maximum Gasteiger partial charge on any atom is 0.238 e. The molecule has 30 heavy (non-hydrogen) atoms. The number of rotatable bonds is 7. The molecule has 3 aromatic rings. The highest BCUT2D eigenvalue weighted by molar-refractivity contribution is 6.30. The molecule has 1 heterocycles. The maximum atomic E-state index is 13.0. The van der Waals surface area contributed by atoms with Crippen molar-refractivity contribution >= 4 is 17.5 Å². The van der Waals surface area contributed by atoms with Crippen molar-refractivity contribution in [2.75, 3.05) is 20.2 Å². The highest BCUT2D eigenvalue weighted by Crippen LogP contribution is 2.33. The van der Waals surface area contributed by atoms with Crippen molar-refractivity contribution in [1.82, 2.24) is 9.80 Å². The van der Waals surface area contributed by atoms with E-state index < -0.39 is 0 Å². The van der Waals surface area contributed by atoms with E-state index in [0.29, 0.717) is 24.7 Å². The Kier molecular flexibility index (Phi) is 6.36. The summed E-state index contributed by atoms with van der Waals surface area (Å²) >= 11 is 6.11. The van der Waals surface area contributed by atoms with E-state index in [0.717, 1.165) is 23.3 Å². The zero-order valence-corrected chi connectivity index (χ0v) is 17.8. The van der Waals surface area contributed by atoms with Crippen LogP contribution in [-0.4, -0.2) is 35.9 Å². The second-order valence-electron chi connectivity index (χ2n) is 7.50. The van der Waals surface area contributed by atoms with Crippen molar-refractivity contribution in [3.8, 4) is 5.75 Å². The van der Waals surface area contributed by atoms with Gasteiger partial charge in [-0.25, -0.2) is 0 Å². The number of hydrogen-bond donors (Lipinski definition) is 0. The van der Waals surface area contributed by atoms with Crippen LogP contribution in [0.25, 0.3) is 0 Å². The van der Waals surface area contributed by atoms with E-state index in [-0.39, 0.29) is 12.1 Å². The number of ether oxygens (including phenoxy) is 1. The predicted molar refractivity (Wildman–Crippen MR) is 119 cm³/mol. The monoisotopic (exact) mass is 420 g/mol. The van der Waals surface area contributed by atoms with Crippen LogP contribution in [-0.2, 0) is 17.8 Å². The summed E-state index contributed by atoms with van der Waals surface area (Å²) in [6.07, 6.45) is 0.716. The average Bonchev–Trinajstić information content (AvgIpc) is 3.08. The van der Waals surface area contributed by atoms with E-state index in [9.17, 15) is 4.79 Å². The Morgan fingerprint density at radius 3 is 2.30 bits per heavy atom. The molecule has 1 amide bonds. The average molecular weight is 421 g/mol. The predicted octanol–water partition coefficient (Wildman–Crippen LogP) is 4.93. The third-order valence-electron chi connectivity index (χ3n) is 5.50. The van der Waals surface area contributed by atoms with Crippen molar-refractivity contribution in [3.05, 3.63) is 101 Å². The number of methoxy groups -OCH3 is 1. The first-order chi connectivity index (χ1) is 14.6. The van der Waals surface area contributed by atoms with Gasteiger partial charge in [-0.3, -0.25) is 9.69 Å². The van der Waals surface area contributed by atoms with E-state index >= 15 is 0 Å². The third kappa shape index (κ3) is 4.66. The van der Waals surface area contributed by atoms with Crippen LogP contribution >= 0.6 is 11.6 Å². The highest BCUT2D eigenvalue weighted by atomic mass is 35.5. The molecule has 4 nitrogen and oxygen atoms in total. The van der Waals surface area contributed by atoms with Gasteiger partial charge in [0.15, 0.2) is 0 Å². The molecular weight excluding hydrogens is 396 g/mol. The van der Waals surface area contributed by atoms with Crippen LogP contribution in [0, 0.1) is 0 Å². The van der Waals surface area contributed by atoms with Gasteiger partial charge in [0.1, 0.15) is 11.9 Å². The fourth-order valence-electron chi connectivity index (χ4n) is 3.96. The van der Waals surface area contributed by atoms with Gasteiger partial charge in [-0.2, -0.15) is 0 Å². The van der Waals surface area contributed by atoms with E-state index in [2.05, 4.69) is 29.2 Å². The summed E-state index contributed by atoms with van der Waals surface area (Å²) in [4.78, 5) is 17.2. The molecule has 1 unspecified atom stereocenters. The minimum Gasteiger partial charge on any atom is -0.497 e. The van der Waals surface area contributed by atoms with E-state index in [1.54, 1.807) is 7.11 Å². The minimum absolute atomic E-state index is 0.111. The highest BCUT2D eigenvalue weighted by Gasteiger charge is 2.38. The lowest BCUT2D eigenvalue weighted by molar-refractivity contribution is -0.128. The molecule has 0 bridgehead atoms. The Hall–Kier alpha value is -2.82. The number of nitrogens with zero attached hydrogens (tertiary/aromatic N) is 2. The molecule has 1 aliphatic rings. The summed E-state index contributed by atoms with van der Waals surface area (Å²) in [7, 11) is 1.66. The lowest BCUT2D eigenvalue weighted by atomic mass is 10.1. The van der Waals surface area contributed by atoms with Crippen LogP contribution in [0.3, 0.4) is 0 Å². The Morgan fingerprint density at radius 1 is 0.933 bits per heavy atom. The quantitative estimate of drug-likeness (QED) is 0.543. The SMILES string of the molecule is COc1ccc(CN2CC(=O)N(CCc3ccccc3)C2c2ccc(Cl)cc2)cc1. The summed E-state index contributed by atoms with van der Waals surface area (Å²) in [6.45, 7) is 1.76. The maximum absolute atomic E-state index is 13.0. The van der Waals surface area contributed by atoms with Crippen LogP contribution in [0.4, 0.5) is 0 Å². The first kappa shape index (κ1) is 20.5. The number of hydrogen-bond acceptors (Lipinski definition) is 3. The van der Waals surface area contributed by atoms with Gasteiger partial charge < -0.3 is 9.64 Å². The zero-order chi connectivity index (χ0) is 20.9. The lowest BCUT2D eigenvalue weighted by Crippen LogP contribution is -2.33. The second-order valence-corrected chi connectivity index (χ2v) is 7.94. The Labute approximate surface area is 182 Å². The van der Waals surface area contributed by atoms with Crippen molar-refractivity contribution in [1.29, 1.82) is 0 Å². The topological polar surface area (TPSA) is 32.8 Å². The van der Waals surface area contributed by atoms with Gasteiger partial charge in [0.25, 0.3) is 0 Å². The smallest absolute Gasteiger partial charge is 0.238 e. The Morgan fingerprint density at radius 2 is 1.63 bits per heavy atom. The van der Waals surface area contributed by atoms with Gasteiger partial charge in [-0.15, -0.1) is 0 Å². The molecule has 154 valence electrons. The molecule has 1 fully saturated rings.